The molecular formula is C22H22N6O. The zero-order chi connectivity index (χ0) is 20.4. The van der Waals surface area contributed by atoms with E-state index in [2.05, 4.69) is 46.5 Å². The first-order valence-electron chi connectivity index (χ1n) is 9.34. The minimum atomic E-state index is -0.214. The third-order valence-electron chi connectivity index (χ3n) is 4.55. The summed E-state index contributed by atoms with van der Waals surface area (Å²) in [4.78, 5) is 21.3. The van der Waals surface area contributed by atoms with Gasteiger partial charge >= 0.3 is 0 Å². The van der Waals surface area contributed by atoms with Crippen molar-refractivity contribution in [2.75, 3.05) is 10.6 Å². The van der Waals surface area contributed by atoms with Crippen LogP contribution in [0.25, 0.3) is 5.65 Å². The van der Waals surface area contributed by atoms with E-state index in [-0.39, 0.29) is 11.3 Å². The number of carbonyl (C=O) groups excluding carboxylic acids is 1. The molecule has 0 radical (unpaired) electrons. The van der Waals surface area contributed by atoms with E-state index in [0.29, 0.717) is 22.8 Å². The molecule has 0 atom stereocenters. The van der Waals surface area contributed by atoms with Gasteiger partial charge in [-0.05, 0) is 35.2 Å². The molecule has 3 heterocycles. The van der Waals surface area contributed by atoms with Gasteiger partial charge in [-0.1, -0.05) is 32.9 Å². The van der Waals surface area contributed by atoms with E-state index in [0.717, 1.165) is 5.69 Å². The smallest absolute Gasteiger partial charge is 0.256 e. The van der Waals surface area contributed by atoms with Crippen molar-refractivity contribution in [1.82, 2.24) is 19.6 Å². The molecule has 0 saturated carbocycles. The topological polar surface area (TPSA) is 84.2 Å². The second kappa shape index (κ2) is 7.35. The van der Waals surface area contributed by atoms with Crippen molar-refractivity contribution in [3.63, 3.8) is 0 Å². The van der Waals surface area contributed by atoms with Crippen LogP contribution in [-0.4, -0.2) is 25.5 Å². The standard InChI is InChI=1S/C22H22N6O/c1-22(2,3)16-8-6-15(7-9-16)21(29)27-18-13-20(25-17-5-4-11-23-14-17)28-19(26-18)10-12-24-28/h4-14,25H,1-3H3,(H,26,27,29). The van der Waals surface area contributed by atoms with E-state index < -0.39 is 0 Å². The summed E-state index contributed by atoms with van der Waals surface area (Å²) in [6, 6.07) is 14.9. The van der Waals surface area contributed by atoms with Crippen molar-refractivity contribution in [3.8, 4) is 0 Å². The number of fused-ring (bicyclic) bond motifs is 1. The lowest BCUT2D eigenvalue weighted by Crippen LogP contribution is -2.15. The fourth-order valence-electron chi connectivity index (χ4n) is 2.96. The quantitative estimate of drug-likeness (QED) is 0.542. The van der Waals surface area contributed by atoms with Gasteiger partial charge in [0, 0.05) is 23.9 Å². The number of anilines is 3. The van der Waals surface area contributed by atoms with Crippen molar-refractivity contribution in [2.24, 2.45) is 0 Å². The van der Waals surface area contributed by atoms with Gasteiger partial charge < -0.3 is 10.6 Å². The Morgan fingerprint density at radius 1 is 1.03 bits per heavy atom. The number of benzene rings is 1. The van der Waals surface area contributed by atoms with E-state index in [1.54, 1.807) is 35.2 Å². The van der Waals surface area contributed by atoms with Crippen LogP contribution < -0.4 is 10.6 Å². The van der Waals surface area contributed by atoms with Crippen molar-refractivity contribution in [1.29, 1.82) is 0 Å². The molecule has 0 aliphatic heterocycles. The molecule has 1 amide bonds. The molecule has 0 unspecified atom stereocenters. The summed E-state index contributed by atoms with van der Waals surface area (Å²) in [6.45, 7) is 6.43. The molecule has 0 saturated heterocycles. The normalized spacial score (nSPS) is 11.4. The molecule has 4 rings (SSSR count). The summed E-state index contributed by atoms with van der Waals surface area (Å²) in [5.74, 6) is 0.898. The number of amides is 1. The van der Waals surface area contributed by atoms with Gasteiger partial charge in [-0.2, -0.15) is 9.61 Å². The maximum atomic E-state index is 12.7. The Morgan fingerprint density at radius 2 is 1.83 bits per heavy atom. The highest BCUT2D eigenvalue weighted by molar-refractivity contribution is 6.04. The molecule has 0 fully saturated rings. The van der Waals surface area contributed by atoms with E-state index in [1.165, 1.54) is 5.56 Å². The van der Waals surface area contributed by atoms with Crippen LogP contribution in [0, 0.1) is 0 Å². The van der Waals surface area contributed by atoms with E-state index in [1.807, 2.05) is 36.4 Å². The lowest BCUT2D eigenvalue weighted by molar-refractivity contribution is 0.102. The summed E-state index contributed by atoms with van der Waals surface area (Å²) >= 11 is 0. The number of pyridine rings is 1. The number of nitrogens with zero attached hydrogens (tertiary/aromatic N) is 4. The lowest BCUT2D eigenvalue weighted by Gasteiger charge is -2.19. The van der Waals surface area contributed by atoms with Gasteiger partial charge in [-0.25, -0.2) is 4.98 Å². The first-order valence-corrected chi connectivity index (χ1v) is 9.34. The van der Waals surface area contributed by atoms with Crippen LogP contribution in [0.2, 0.25) is 0 Å². The average Bonchev–Trinajstić information content (AvgIpc) is 3.17. The third kappa shape index (κ3) is 4.08. The largest absolute Gasteiger partial charge is 0.339 e. The highest BCUT2D eigenvalue weighted by Crippen LogP contribution is 2.23. The van der Waals surface area contributed by atoms with Gasteiger partial charge in [-0.3, -0.25) is 9.78 Å². The van der Waals surface area contributed by atoms with Crippen LogP contribution in [0.3, 0.4) is 0 Å². The van der Waals surface area contributed by atoms with Crippen LogP contribution in [0.4, 0.5) is 17.3 Å². The number of aromatic nitrogens is 4. The number of hydrogen-bond acceptors (Lipinski definition) is 5. The molecule has 0 bridgehead atoms. The molecule has 0 aliphatic carbocycles. The van der Waals surface area contributed by atoms with Crippen molar-refractivity contribution >= 4 is 28.9 Å². The third-order valence-corrected chi connectivity index (χ3v) is 4.55. The zero-order valence-corrected chi connectivity index (χ0v) is 16.5. The van der Waals surface area contributed by atoms with Crippen LogP contribution in [0.5, 0.6) is 0 Å². The molecule has 29 heavy (non-hydrogen) atoms. The number of rotatable bonds is 4. The lowest BCUT2D eigenvalue weighted by atomic mass is 9.87. The monoisotopic (exact) mass is 386 g/mol. The fourth-order valence-corrected chi connectivity index (χ4v) is 2.96. The van der Waals surface area contributed by atoms with Gasteiger partial charge in [0.15, 0.2) is 5.65 Å². The predicted octanol–water partition coefficient (Wildman–Crippen LogP) is 4.42. The Morgan fingerprint density at radius 3 is 2.52 bits per heavy atom. The van der Waals surface area contributed by atoms with E-state index >= 15 is 0 Å². The minimum absolute atomic E-state index is 0.0382. The molecular weight excluding hydrogens is 364 g/mol. The SMILES string of the molecule is CC(C)(C)c1ccc(C(=O)Nc2cc(Nc3cccnc3)n3nccc3n2)cc1. The van der Waals surface area contributed by atoms with E-state index in [9.17, 15) is 4.79 Å². The summed E-state index contributed by atoms with van der Waals surface area (Å²) in [5.41, 5.74) is 3.23. The Bertz CT molecular complexity index is 1140. The van der Waals surface area contributed by atoms with Gasteiger partial charge in [-0.15, -0.1) is 0 Å². The first kappa shape index (κ1) is 18.6. The number of hydrogen-bond donors (Lipinski definition) is 2. The van der Waals surface area contributed by atoms with Crippen molar-refractivity contribution in [3.05, 3.63) is 78.2 Å². The van der Waals surface area contributed by atoms with Crippen LogP contribution >= 0.6 is 0 Å². The highest BCUT2D eigenvalue weighted by Gasteiger charge is 2.15. The zero-order valence-electron chi connectivity index (χ0n) is 16.5. The van der Waals surface area contributed by atoms with Gasteiger partial charge in [0.1, 0.15) is 11.6 Å². The fraction of sp³-hybridized carbons (Fsp3) is 0.182. The molecule has 7 heteroatoms. The molecule has 0 spiro atoms. The maximum Gasteiger partial charge on any atom is 0.256 e. The van der Waals surface area contributed by atoms with Gasteiger partial charge in [0.2, 0.25) is 0 Å². The molecule has 3 aromatic heterocycles. The molecule has 0 aliphatic rings. The summed E-state index contributed by atoms with van der Waals surface area (Å²) in [7, 11) is 0. The van der Waals surface area contributed by atoms with Crippen molar-refractivity contribution < 1.29 is 4.79 Å². The van der Waals surface area contributed by atoms with E-state index in [4.69, 9.17) is 0 Å². The Labute approximate surface area is 168 Å². The Balaban J connectivity index is 1.60. The van der Waals surface area contributed by atoms with Crippen LogP contribution in [0.15, 0.2) is 67.1 Å². The molecule has 4 aromatic rings. The second-order valence-corrected chi connectivity index (χ2v) is 7.78. The maximum absolute atomic E-state index is 12.7. The Kier molecular flexibility index (Phi) is 4.72. The molecule has 146 valence electrons. The first-order chi connectivity index (χ1) is 13.9. The summed E-state index contributed by atoms with van der Waals surface area (Å²) in [6.07, 6.45) is 5.08. The second-order valence-electron chi connectivity index (χ2n) is 7.78. The van der Waals surface area contributed by atoms with Gasteiger partial charge in [0.25, 0.3) is 5.91 Å². The molecule has 2 N–H and O–H groups in total. The summed E-state index contributed by atoms with van der Waals surface area (Å²) < 4.78 is 1.67. The predicted molar refractivity (Wildman–Crippen MR) is 114 cm³/mol. The summed E-state index contributed by atoms with van der Waals surface area (Å²) in [5, 5.41) is 10.4. The number of carbonyl (C=O) groups is 1. The average molecular weight is 386 g/mol. The van der Waals surface area contributed by atoms with Gasteiger partial charge in [0.05, 0.1) is 18.1 Å². The van der Waals surface area contributed by atoms with Crippen LogP contribution in [-0.2, 0) is 5.41 Å². The van der Waals surface area contributed by atoms with Crippen molar-refractivity contribution in [2.45, 2.75) is 26.2 Å². The number of nitrogens with one attached hydrogen (secondary N) is 2. The molecule has 1 aromatic carbocycles. The highest BCUT2D eigenvalue weighted by atomic mass is 16.1. The van der Waals surface area contributed by atoms with Crippen LogP contribution in [0.1, 0.15) is 36.7 Å². The Hall–Kier alpha value is -3.74. The molecule has 7 nitrogen and oxygen atoms in total. The minimum Gasteiger partial charge on any atom is -0.339 e.